The lowest BCUT2D eigenvalue weighted by molar-refractivity contribution is -0.143. The van der Waals surface area contributed by atoms with Gasteiger partial charge in [0.15, 0.2) is 6.61 Å². The number of nitrogens with zero attached hydrogens (tertiary/aromatic N) is 1. The molecule has 0 spiro atoms. The van der Waals surface area contributed by atoms with Gasteiger partial charge in [-0.3, -0.25) is 9.59 Å². The van der Waals surface area contributed by atoms with Gasteiger partial charge in [0, 0.05) is 26.2 Å². The van der Waals surface area contributed by atoms with Gasteiger partial charge in [0.2, 0.25) is 5.91 Å². The lowest BCUT2D eigenvalue weighted by Crippen LogP contribution is -2.51. The van der Waals surface area contributed by atoms with Crippen molar-refractivity contribution in [1.82, 2.24) is 10.2 Å². The highest BCUT2D eigenvalue weighted by atomic mass is 127. The van der Waals surface area contributed by atoms with Crippen LogP contribution in [0.25, 0.3) is 0 Å². The number of carbonyl (C=O) groups excluding carboxylic acids is 2. The number of rotatable bonds is 10. The van der Waals surface area contributed by atoms with E-state index in [0.717, 1.165) is 9.99 Å². The number of benzene rings is 2. The molecule has 2 amide bonds. The van der Waals surface area contributed by atoms with E-state index in [2.05, 4.69) is 27.9 Å². The van der Waals surface area contributed by atoms with Gasteiger partial charge in [0.1, 0.15) is 11.8 Å². The second kappa shape index (κ2) is 12.5. The van der Waals surface area contributed by atoms with Crippen LogP contribution in [-0.4, -0.2) is 35.4 Å². The summed E-state index contributed by atoms with van der Waals surface area (Å²) in [4.78, 5) is 27.6. The summed E-state index contributed by atoms with van der Waals surface area (Å²) in [5.41, 5.74) is 0.712. The van der Waals surface area contributed by atoms with Crippen molar-refractivity contribution in [3.8, 4) is 5.75 Å². The van der Waals surface area contributed by atoms with Crippen LogP contribution in [0.15, 0.2) is 42.5 Å². The Kier molecular flexibility index (Phi) is 10.4. The van der Waals surface area contributed by atoms with E-state index in [-0.39, 0.29) is 31.0 Å². The fourth-order valence-electron chi connectivity index (χ4n) is 2.95. The Morgan fingerprint density at radius 1 is 1.10 bits per heavy atom. The summed E-state index contributed by atoms with van der Waals surface area (Å²) in [6.45, 7) is 5.81. The topological polar surface area (TPSA) is 58.6 Å². The average molecular weight is 577 g/mol. The normalized spacial score (nSPS) is 12.7. The van der Waals surface area contributed by atoms with Crippen LogP contribution in [0.4, 0.5) is 0 Å². The summed E-state index contributed by atoms with van der Waals surface area (Å²) in [5.74, 6) is 0.107. The Bertz CT molecular complexity index is 893. The van der Waals surface area contributed by atoms with Gasteiger partial charge in [0.05, 0.1) is 0 Å². The van der Waals surface area contributed by atoms with Crippen LogP contribution >= 0.6 is 45.8 Å². The Labute approximate surface area is 207 Å². The van der Waals surface area contributed by atoms with Crippen LogP contribution in [-0.2, 0) is 16.1 Å². The molecule has 0 aliphatic heterocycles. The van der Waals surface area contributed by atoms with Crippen LogP contribution in [0.5, 0.6) is 5.75 Å². The maximum atomic E-state index is 13.2. The van der Waals surface area contributed by atoms with E-state index in [1.807, 2.05) is 45.0 Å². The molecule has 2 atom stereocenters. The third-order valence-corrected chi connectivity index (χ3v) is 6.22. The van der Waals surface area contributed by atoms with Gasteiger partial charge in [-0.05, 0) is 84.3 Å². The first-order valence-electron chi connectivity index (χ1n) is 10.2. The second-order valence-corrected chi connectivity index (χ2v) is 9.33. The molecule has 2 aromatic carbocycles. The minimum Gasteiger partial charge on any atom is -0.484 e. The molecule has 8 heteroatoms. The zero-order valence-electron chi connectivity index (χ0n) is 17.8. The predicted octanol–water partition coefficient (Wildman–Crippen LogP) is 5.70. The molecule has 0 aromatic heterocycles. The Morgan fingerprint density at radius 2 is 1.77 bits per heavy atom. The highest BCUT2D eigenvalue weighted by Crippen LogP contribution is 2.24. The summed E-state index contributed by atoms with van der Waals surface area (Å²) >= 11 is 14.6. The molecule has 0 fully saturated rings. The van der Waals surface area contributed by atoms with E-state index in [4.69, 9.17) is 27.9 Å². The molecule has 0 aliphatic carbocycles. The first kappa shape index (κ1) is 25.7. The Morgan fingerprint density at radius 3 is 2.35 bits per heavy atom. The zero-order valence-corrected chi connectivity index (χ0v) is 21.5. The van der Waals surface area contributed by atoms with E-state index in [0.29, 0.717) is 27.8 Å². The highest BCUT2D eigenvalue weighted by molar-refractivity contribution is 14.1. The van der Waals surface area contributed by atoms with Crippen LogP contribution in [0.2, 0.25) is 10.0 Å². The van der Waals surface area contributed by atoms with Crippen molar-refractivity contribution in [1.29, 1.82) is 0 Å². The molecular formula is C23H27Cl2IN2O3. The van der Waals surface area contributed by atoms with E-state index >= 15 is 0 Å². The lowest BCUT2D eigenvalue weighted by atomic mass is 10.1. The van der Waals surface area contributed by atoms with Crippen molar-refractivity contribution < 1.29 is 14.3 Å². The fraction of sp³-hybridized carbons (Fsp3) is 0.391. The minimum atomic E-state index is -0.645. The second-order valence-electron chi connectivity index (χ2n) is 7.24. The van der Waals surface area contributed by atoms with Crippen molar-refractivity contribution in [3.63, 3.8) is 0 Å². The Hall–Kier alpha value is -1.51. The minimum absolute atomic E-state index is 0.0145. The standard InChI is InChI=1S/C23H27Cl2IN2O3/c1-4-15(3)27-23(30)21(5-2)28(13-16-6-7-17(24)12-20(16)25)22(29)14-31-19-10-8-18(26)9-11-19/h6-12,15,21H,4-5,13-14H2,1-3H3,(H,27,30)/t15-,21-/m1/s1. The molecule has 1 N–H and O–H groups in total. The van der Waals surface area contributed by atoms with Crippen LogP contribution in [0.3, 0.4) is 0 Å². The summed E-state index contributed by atoms with van der Waals surface area (Å²) in [5, 5.41) is 3.93. The van der Waals surface area contributed by atoms with E-state index in [1.165, 1.54) is 4.90 Å². The number of nitrogens with one attached hydrogen (secondary N) is 1. The maximum Gasteiger partial charge on any atom is 0.261 e. The van der Waals surface area contributed by atoms with Crippen molar-refractivity contribution in [2.45, 2.75) is 52.2 Å². The number of amides is 2. The molecule has 5 nitrogen and oxygen atoms in total. The molecule has 0 radical (unpaired) electrons. The molecule has 0 saturated carbocycles. The summed E-state index contributed by atoms with van der Waals surface area (Å²) in [6.07, 6.45) is 1.26. The fourth-order valence-corrected chi connectivity index (χ4v) is 3.78. The van der Waals surface area contributed by atoms with Gasteiger partial charge in [-0.15, -0.1) is 0 Å². The van der Waals surface area contributed by atoms with Crippen LogP contribution in [0.1, 0.15) is 39.2 Å². The molecule has 31 heavy (non-hydrogen) atoms. The van der Waals surface area contributed by atoms with E-state index in [9.17, 15) is 9.59 Å². The largest absolute Gasteiger partial charge is 0.484 e. The van der Waals surface area contributed by atoms with Gasteiger partial charge in [0.25, 0.3) is 5.91 Å². The smallest absolute Gasteiger partial charge is 0.261 e. The molecule has 0 saturated heterocycles. The number of ether oxygens (including phenoxy) is 1. The van der Waals surface area contributed by atoms with Crippen molar-refractivity contribution in [2.75, 3.05) is 6.61 Å². The van der Waals surface area contributed by atoms with E-state index in [1.54, 1.807) is 18.2 Å². The molecule has 0 heterocycles. The van der Waals surface area contributed by atoms with Crippen LogP contribution in [0, 0.1) is 3.57 Å². The summed E-state index contributed by atoms with van der Waals surface area (Å²) in [6, 6.07) is 11.9. The number of carbonyl (C=O) groups is 2. The molecule has 2 aromatic rings. The first-order chi connectivity index (χ1) is 14.7. The van der Waals surface area contributed by atoms with Crippen molar-refractivity contribution in [3.05, 3.63) is 61.6 Å². The maximum absolute atomic E-state index is 13.2. The van der Waals surface area contributed by atoms with E-state index < -0.39 is 6.04 Å². The van der Waals surface area contributed by atoms with Gasteiger partial charge >= 0.3 is 0 Å². The third kappa shape index (κ3) is 7.84. The lowest BCUT2D eigenvalue weighted by Gasteiger charge is -2.31. The van der Waals surface area contributed by atoms with Gasteiger partial charge < -0.3 is 15.0 Å². The Balaban J connectivity index is 2.24. The molecule has 2 rings (SSSR count). The van der Waals surface area contributed by atoms with Crippen molar-refractivity contribution in [2.24, 2.45) is 0 Å². The number of hydrogen-bond acceptors (Lipinski definition) is 3. The van der Waals surface area contributed by atoms with Crippen LogP contribution < -0.4 is 10.1 Å². The summed E-state index contributed by atoms with van der Waals surface area (Å²) in [7, 11) is 0. The number of halogens is 3. The molecule has 0 aliphatic rings. The van der Waals surface area contributed by atoms with Gasteiger partial charge in [-0.1, -0.05) is 43.1 Å². The average Bonchev–Trinajstić information content (AvgIpc) is 2.74. The molecule has 0 unspecified atom stereocenters. The third-order valence-electron chi connectivity index (χ3n) is 4.92. The molecule has 0 bridgehead atoms. The highest BCUT2D eigenvalue weighted by Gasteiger charge is 2.30. The molecule has 168 valence electrons. The zero-order chi connectivity index (χ0) is 23.0. The number of hydrogen-bond donors (Lipinski definition) is 1. The molecular weight excluding hydrogens is 550 g/mol. The van der Waals surface area contributed by atoms with Gasteiger partial charge in [-0.25, -0.2) is 0 Å². The quantitative estimate of drug-likeness (QED) is 0.369. The first-order valence-corrected chi connectivity index (χ1v) is 12.0. The summed E-state index contributed by atoms with van der Waals surface area (Å²) < 4.78 is 6.76. The predicted molar refractivity (Wildman–Crippen MR) is 134 cm³/mol. The monoisotopic (exact) mass is 576 g/mol. The SMILES string of the molecule is CC[C@@H](C)NC(=O)[C@@H](CC)N(Cc1ccc(Cl)cc1Cl)C(=O)COc1ccc(I)cc1. The van der Waals surface area contributed by atoms with Crippen molar-refractivity contribution >= 4 is 57.6 Å². The van der Waals surface area contributed by atoms with Gasteiger partial charge in [-0.2, -0.15) is 0 Å².